The second-order valence-electron chi connectivity index (χ2n) is 6.84. The molecule has 0 bridgehead atoms. The molecule has 3 rings (SSSR count). The molecular formula is C18H25ClN2O4S. The molecule has 6 nitrogen and oxygen atoms in total. The molecule has 144 valence electrons. The summed E-state index contributed by atoms with van der Waals surface area (Å²) in [6.07, 6.45) is 1.29. The van der Waals surface area contributed by atoms with Crippen LogP contribution < -0.4 is 0 Å². The van der Waals surface area contributed by atoms with E-state index < -0.39 is 9.84 Å². The van der Waals surface area contributed by atoms with Crippen LogP contribution in [-0.2, 0) is 14.6 Å². The van der Waals surface area contributed by atoms with Gasteiger partial charge in [-0.05, 0) is 25.0 Å². The minimum absolute atomic E-state index is 0.0424. The van der Waals surface area contributed by atoms with E-state index in [9.17, 15) is 13.2 Å². The predicted molar refractivity (Wildman–Crippen MR) is 101 cm³/mol. The first-order chi connectivity index (χ1) is 12.5. The molecule has 1 aromatic carbocycles. The minimum atomic E-state index is -3.07. The van der Waals surface area contributed by atoms with Crippen LogP contribution in [0.15, 0.2) is 24.3 Å². The van der Waals surface area contributed by atoms with Crippen molar-refractivity contribution in [3.05, 3.63) is 34.9 Å². The Morgan fingerprint density at radius 2 is 2.00 bits per heavy atom. The first-order valence-corrected chi connectivity index (χ1v) is 11.2. The molecule has 2 heterocycles. The van der Waals surface area contributed by atoms with Crippen LogP contribution in [-0.4, -0.2) is 81.1 Å². The van der Waals surface area contributed by atoms with E-state index in [-0.39, 0.29) is 23.5 Å². The van der Waals surface area contributed by atoms with Crippen LogP contribution >= 0.6 is 11.6 Å². The summed E-state index contributed by atoms with van der Waals surface area (Å²) in [5, 5.41) is 0.400. The highest BCUT2D eigenvalue weighted by atomic mass is 35.5. The van der Waals surface area contributed by atoms with Crippen LogP contribution in [0.1, 0.15) is 23.2 Å². The first kappa shape index (κ1) is 19.6. The van der Waals surface area contributed by atoms with Crippen molar-refractivity contribution < 1.29 is 17.9 Å². The molecule has 2 aliphatic heterocycles. The molecule has 1 amide bonds. The zero-order valence-corrected chi connectivity index (χ0v) is 16.3. The van der Waals surface area contributed by atoms with Crippen LogP contribution in [0.2, 0.25) is 5.02 Å². The summed E-state index contributed by atoms with van der Waals surface area (Å²) in [6.45, 7) is 4.68. The van der Waals surface area contributed by atoms with Gasteiger partial charge in [0.2, 0.25) is 0 Å². The van der Waals surface area contributed by atoms with Gasteiger partial charge in [0.05, 0.1) is 35.3 Å². The van der Waals surface area contributed by atoms with Crippen molar-refractivity contribution in [3.63, 3.8) is 0 Å². The van der Waals surface area contributed by atoms with Gasteiger partial charge in [0.15, 0.2) is 9.84 Å². The molecule has 1 aromatic rings. The highest BCUT2D eigenvalue weighted by molar-refractivity contribution is 7.91. The number of sulfone groups is 1. The lowest BCUT2D eigenvalue weighted by Crippen LogP contribution is -2.43. The Balaban J connectivity index is 1.69. The summed E-state index contributed by atoms with van der Waals surface area (Å²) in [7, 11) is -3.07. The standard InChI is InChI=1S/C18H25ClN2O4S/c19-17-5-2-1-4-16(17)18(22)21(15-6-13-26(23,24)14-15)8-3-7-20-9-11-25-12-10-20/h1-2,4-5,15H,3,6-14H2. The molecule has 8 heteroatoms. The lowest BCUT2D eigenvalue weighted by Gasteiger charge is -2.31. The van der Waals surface area contributed by atoms with Crippen LogP contribution in [0.4, 0.5) is 0 Å². The second-order valence-corrected chi connectivity index (χ2v) is 9.48. The molecule has 0 N–H and O–H groups in total. The smallest absolute Gasteiger partial charge is 0.255 e. The number of morpholine rings is 1. The minimum Gasteiger partial charge on any atom is -0.379 e. The number of carbonyl (C=O) groups is 1. The quantitative estimate of drug-likeness (QED) is 0.727. The third kappa shape index (κ3) is 4.97. The van der Waals surface area contributed by atoms with Crippen molar-refractivity contribution in [2.45, 2.75) is 18.9 Å². The molecule has 2 fully saturated rings. The van der Waals surface area contributed by atoms with Gasteiger partial charge in [-0.3, -0.25) is 9.69 Å². The molecule has 2 saturated heterocycles. The van der Waals surface area contributed by atoms with E-state index in [2.05, 4.69) is 4.90 Å². The zero-order chi connectivity index (χ0) is 18.6. The van der Waals surface area contributed by atoms with Crippen LogP contribution in [0, 0.1) is 0 Å². The average Bonchev–Trinajstić information content (AvgIpc) is 2.99. The fourth-order valence-electron chi connectivity index (χ4n) is 3.55. The monoisotopic (exact) mass is 400 g/mol. The van der Waals surface area contributed by atoms with E-state index in [1.165, 1.54) is 0 Å². The van der Waals surface area contributed by atoms with E-state index >= 15 is 0 Å². The number of hydrogen-bond acceptors (Lipinski definition) is 5. The van der Waals surface area contributed by atoms with Crippen molar-refractivity contribution in [2.75, 3.05) is 50.9 Å². The zero-order valence-electron chi connectivity index (χ0n) is 14.8. The van der Waals surface area contributed by atoms with Crippen LogP contribution in [0.5, 0.6) is 0 Å². The van der Waals surface area contributed by atoms with Gasteiger partial charge in [0.1, 0.15) is 0 Å². The Morgan fingerprint density at radius 1 is 1.27 bits per heavy atom. The Hall–Kier alpha value is -1.15. The van der Waals surface area contributed by atoms with Crippen LogP contribution in [0.25, 0.3) is 0 Å². The third-order valence-electron chi connectivity index (χ3n) is 4.99. The molecule has 0 spiro atoms. The van der Waals surface area contributed by atoms with Crippen molar-refractivity contribution in [3.8, 4) is 0 Å². The maximum Gasteiger partial charge on any atom is 0.255 e. The number of amides is 1. The van der Waals surface area contributed by atoms with Gasteiger partial charge in [-0.25, -0.2) is 8.42 Å². The maximum absolute atomic E-state index is 13.1. The Morgan fingerprint density at radius 3 is 2.65 bits per heavy atom. The van der Waals surface area contributed by atoms with Gasteiger partial charge in [-0.15, -0.1) is 0 Å². The van der Waals surface area contributed by atoms with Crippen LogP contribution in [0.3, 0.4) is 0 Å². The summed E-state index contributed by atoms with van der Waals surface area (Å²) in [4.78, 5) is 17.1. The second kappa shape index (κ2) is 8.69. The summed E-state index contributed by atoms with van der Waals surface area (Å²) < 4.78 is 29.2. The van der Waals surface area contributed by atoms with E-state index in [1.54, 1.807) is 29.2 Å². The van der Waals surface area contributed by atoms with Crippen molar-refractivity contribution in [2.24, 2.45) is 0 Å². The van der Waals surface area contributed by atoms with Gasteiger partial charge in [0, 0.05) is 32.2 Å². The number of benzene rings is 1. The van der Waals surface area contributed by atoms with Gasteiger partial charge in [0.25, 0.3) is 5.91 Å². The molecule has 0 radical (unpaired) electrons. The fraction of sp³-hybridized carbons (Fsp3) is 0.611. The average molecular weight is 401 g/mol. The van der Waals surface area contributed by atoms with E-state index in [1.807, 2.05) is 0 Å². The Bertz CT molecular complexity index is 734. The topological polar surface area (TPSA) is 66.9 Å². The fourth-order valence-corrected chi connectivity index (χ4v) is 5.50. The molecule has 0 saturated carbocycles. The third-order valence-corrected chi connectivity index (χ3v) is 7.07. The number of nitrogens with zero attached hydrogens (tertiary/aromatic N) is 2. The Kier molecular flexibility index (Phi) is 6.55. The number of halogens is 1. The molecular weight excluding hydrogens is 376 g/mol. The van der Waals surface area contributed by atoms with E-state index in [4.69, 9.17) is 16.3 Å². The number of rotatable bonds is 6. The molecule has 1 atom stereocenters. The lowest BCUT2D eigenvalue weighted by molar-refractivity contribution is 0.0349. The summed E-state index contributed by atoms with van der Waals surface area (Å²) in [5.41, 5.74) is 0.435. The van der Waals surface area contributed by atoms with E-state index in [0.29, 0.717) is 23.6 Å². The lowest BCUT2D eigenvalue weighted by atomic mass is 10.1. The molecule has 2 aliphatic rings. The normalized spacial score (nSPS) is 23.0. The highest BCUT2D eigenvalue weighted by Gasteiger charge is 2.35. The summed E-state index contributed by atoms with van der Waals surface area (Å²) in [6, 6.07) is 6.67. The molecule has 26 heavy (non-hydrogen) atoms. The summed E-state index contributed by atoms with van der Waals surface area (Å²) in [5.74, 6) is 0.00782. The first-order valence-electron chi connectivity index (χ1n) is 9.02. The van der Waals surface area contributed by atoms with E-state index in [0.717, 1.165) is 39.3 Å². The Labute approximate surface area is 160 Å². The van der Waals surface area contributed by atoms with Gasteiger partial charge in [-0.1, -0.05) is 23.7 Å². The van der Waals surface area contributed by atoms with Crippen molar-refractivity contribution in [1.29, 1.82) is 0 Å². The highest BCUT2D eigenvalue weighted by Crippen LogP contribution is 2.23. The number of hydrogen-bond donors (Lipinski definition) is 0. The SMILES string of the molecule is O=C(c1ccccc1Cl)N(CCCN1CCOCC1)C1CCS(=O)(=O)C1. The largest absolute Gasteiger partial charge is 0.379 e. The van der Waals surface area contributed by atoms with Crippen molar-refractivity contribution >= 4 is 27.3 Å². The molecule has 1 unspecified atom stereocenters. The number of ether oxygens (including phenoxy) is 1. The maximum atomic E-state index is 13.1. The van der Waals surface area contributed by atoms with Gasteiger partial charge in [-0.2, -0.15) is 0 Å². The van der Waals surface area contributed by atoms with Gasteiger partial charge >= 0.3 is 0 Å². The molecule has 0 aromatic heterocycles. The number of carbonyl (C=O) groups excluding carboxylic acids is 1. The van der Waals surface area contributed by atoms with Crippen molar-refractivity contribution in [1.82, 2.24) is 9.80 Å². The molecule has 0 aliphatic carbocycles. The summed E-state index contributed by atoms with van der Waals surface area (Å²) >= 11 is 6.19. The van der Waals surface area contributed by atoms with Gasteiger partial charge < -0.3 is 9.64 Å². The predicted octanol–water partition coefficient (Wildman–Crippen LogP) is 1.69.